The number of amides is 1. The Morgan fingerprint density at radius 1 is 0.982 bits per heavy atom. The second kappa shape index (κ2) is 17.3. The zero-order valence-corrected chi connectivity index (χ0v) is 30.2. The first-order valence-corrected chi connectivity index (χ1v) is 17.6. The second-order valence-corrected chi connectivity index (χ2v) is 12.7. The second-order valence-electron chi connectivity index (χ2n) is 12.7. The minimum atomic E-state index is -4.88. The molecule has 12 nitrogen and oxygen atoms in total. The number of likely N-dealkylation sites (tertiary alicyclic amines) is 1. The Kier molecular flexibility index (Phi) is 12.1. The number of hydrogen-bond donors (Lipinski definition) is 1. The van der Waals surface area contributed by atoms with Crippen molar-refractivity contribution in [3.8, 4) is 23.0 Å². The van der Waals surface area contributed by atoms with E-state index in [1.165, 1.54) is 68.7 Å². The molecule has 2 aliphatic heterocycles. The van der Waals surface area contributed by atoms with Gasteiger partial charge in [-0.25, -0.2) is 19.0 Å². The molecule has 1 saturated heterocycles. The number of ether oxygens (including phenoxy) is 3. The Labute approximate surface area is 318 Å². The smallest absolute Gasteiger partial charge is 0.418 e. The van der Waals surface area contributed by atoms with Crippen molar-refractivity contribution >= 4 is 45.8 Å². The van der Waals surface area contributed by atoms with Gasteiger partial charge in [0.1, 0.15) is 5.75 Å². The quantitative estimate of drug-likeness (QED) is 0.0649. The molecule has 290 valence electrons. The Morgan fingerprint density at radius 2 is 1.77 bits per heavy atom. The molecule has 4 aromatic rings. The Balaban J connectivity index is 1.24. The van der Waals surface area contributed by atoms with E-state index in [0.717, 1.165) is 55.2 Å². The summed E-state index contributed by atoms with van der Waals surface area (Å²) in [6.07, 6.45) is 2.33. The third-order valence-corrected chi connectivity index (χ3v) is 9.02. The molecule has 1 amide bonds. The summed E-state index contributed by atoms with van der Waals surface area (Å²) in [5, 5.41) is 7.43. The standard InChI is InChI=1S/C40H36F4N6O6/c1-3-16-49-32(24-51)38(47-50(37(49)25-52)31-11-6-5-10-28(31)40(42,43)44)39(53)46-26-12-13-34(29(41)21-26)56-33-14-15-45-30-23-35(54-2)36(22-27(30)33)55-20-9-19-48-17-7-4-8-18-48/h3,5-6,10-15,21-23H,1,4,7-9,16-20H2,2H3,(H,46,53). The van der Waals surface area contributed by atoms with Gasteiger partial charge in [-0.05, 0) is 68.8 Å². The van der Waals surface area contributed by atoms with Gasteiger partial charge >= 0.3 is 6.18 Å². The van der Waals surface area contributed by atoms with Crippen LogP contribution in [0.25, 0.3) is 10.9 Å². The maximum atomic E-state index is 15.6. The first-order chi connectivity index (χ1) is 27.1. The largest absolute Gasteiger partial charge is 0.493 e. The summed E-state index contributed by atoms with van der Waals surface area (Å²) in [6, 6.07) is 12.7. The van der Waals surface area contributed by atoms with Crippen LogP contribution in [0.3, 0.4) is 0 Å². The molecular formula is C40H36F4N6O6. The molecule has 0 aliphatic carbocycles. The van der Waals surface area contributed by atoms with Crippen molar-refractivity contribution in [1.29, 1.82) is 0 Å². The van der Waals surface area contributed by atoms with Crippen LogP contribution in [0.5, 0.6) is 23.0 Å². The van der Waals surface area contributed by atoms with Gasteiger partial charge in [-0.1, -0.05) is 24.6 Å². The molecule has 0 unspecified atom stereocenters. The minimum Gasteiger partial charge on any atom is -0.493 e. The lowest BCUT2D eigenvalue weighted by atomic mass is 10.1. The number of nitrogens with one attached hydrogen (secondary N) is 1. The molecule has 0 saturated carbocycles. The van der Waals surface area contributed by atoms with Crippen LogP contribution in [0, 0.1) is 5.82 Å². The number of carbonyl (C=O) groups excluding carboxylic acids is 3. The van der Waals surface area contributed by atoms with Gasteiger partial charge in [0, 0.05) is 42.5 Å². The first-order valence-electron chi connectivity index (χ1n) is 17.6. The monoisotopic (exact) mass is 772 g/mol. The predicted octanol–water partition coefficient (Wildman–Crippen LogP) is 7.14. The average molecular weight is 773 g/mol. The van der Waals surface area contributed by atoms with Gasteiger partial charge in [-0.15, -0.1) is 6.58 Å². The minimum absolute atomic E-state index is 0.119. The van der Waals surface area contributed by atoms with Crippen LogP contribution in [0.15, 0.2) is 96.1 Å². The number of rotatable bonds is 13. The lowest BCUT2D eigenvalue weighted by Gasteiger charge is -2.35. The summed E-state index contributed by atoms with van der Waals surface area (Å²) in [4.78, 5) is 45.5. The van der Waals surface area contributed by atoms with E-state index < -0.39 is 46.4 Å². The van der Waals surface area contributed by atoms with Crippen molar-refractivity contribution < 1.29 is 46.2 Å². The van der Waals surface area contributed by atoms with E-state index in [-0.39, 0.29) is 23.7 Å². The predicted molar refractivity (Wildman–Crippen MR) is 200 cm³/mol. The molecule has 0 spiro atoms. The van der Waals surface area contributed by atoms with Crippen molar-refractivity contribution in [2.45, 2.75) is 31.9 Å². The third-order valence-electron chi connectivity index (χ3n) is 9.02. The number of methoxy groups -OCH3 is 1. The van der Waals surface area contributed by atoms with Crippen molar-refractivity contribution in [3.05, 3.63) is 102 Å². The number of anilines is 2. The van der Waals surface area contributed by atoms with E-state index in [1.807, 2.05) is 0 Å². The first kappa shape index (κ1) is 39.2. The number of fused-ring (bicyclic) bond motifs is 1. The molecule has 1 N–H and O–H groups in total. The van der Waals surface area contributed by atoms with Crippen LogP contribution >= 0.6 is 0 Å². The zero-order chi connectivity index (χ0) is 39.8. The molecule has 2 aliphatic rings. The maximum Gasteiger partial charge on any atom is 0.418 e. The molecule has 3 heterocycles. The summed E-state index contributed by atoms with van der Waals surface area (Å²) in [6.45, 7) is 6.79. The number of pyridine rings is 1. The normalized spacial score (nSPS) is 14.8. The molecule has 1 aromatic heterocycles. The molecule has 6 rings (SSSR count). The highest BCUT2D eigenvalue weighted by molar-refractivity contribution is 6.50. The van der Waals surface area contributed by atoms with Gasteiger partial charge in [-0.3, -0.25) is 9.78 Å². The third kappa shape index (κ3) is 8.58. The number of nitrogens with zero attached hydrogens (tertiary/aromatic N) is 5. The Morgan fingerprint density at radius 3 is 2.46 bits per heavy atom. The van der Waals surface area contributed by atoms with Crippen LogP contribution in [-0.4, -0.2) is 78.2 Å². The summed E-state index contributed by atoms with van der Waals surface area (Å²) in [7, 11) is 1.52. The molecule has 1 fully saturated rings. The molecule has 16 heteroatoms. The van der Waals surface area contributed by atoms with Crippen LogP contribution in [0.2, 0.25) is 0 Å². The highest BCUT2D eigenvalue weighted by atomic mass is 19.4. The average Bonchev–Trinajstić information content (AvgIpc) is 3.20. The summed E-state index contributed by atoms with van der Waals surface area (Å²) < 4.78 is 75.2. The van der Waals surface area contributed by atoms with Gasteiger partial charge in [0.2, 0.25) is 5.82 Å². The number of para-hydroxylation sites is 1. The maximum absolute atomic E-state index is 15.6. The van der Waals surface area contributed by atoms with Gasteiger partial charge in [-0.2, -0.15) is 18.3 Å². The van der Waals surface area contributed by atoms with Gasteiger partial charge in [0.05, 0.1) is 30.5 Å². The van der Waals surface area contributed by atoms with Gasteiger partial charge in [0.15, 0.2) is 46.4 Å². The van der Waals surface area contributed by atoms with Crippen LogP contribution in [-0.2, 0) is 20.6 Å². The van der Waals surface area contributed by atoms with E-state index in [9.17, 15) is 27.6 Å². The fourth-order valence-electron chi connectivity index (χ4n) is 6.38. The molecule has 0 atom stereocenters. The van der Waals surface area contributed by atoms with Crippen molar-refractivity contribution in [1.82, 2.24) is 14.8 Å². The number of aromatic nitrogens is 1. The summed E-state index contributed by atoms with van der Waals surface area (Å²) in [5.41, 5.74) is -2.73. The van der Waals surface area contributed by atoms with E-state index in [1.54, 1.807) is 18.2 Å². The number of halogens is 4. The number of piperidine rings is 1. The summed E-state index contributed by atoms with van der Waals surface area (Å²) in [5.74, 6) is 1.35. The topological polar surface area (TPSA) is 126 Å². The van der Waals surface area contributed by atoms with E-state index in [0.29, 0.717) is 34.0 Å². The zero-order valence-electron chi connectivity index (χ0n) is 30.2. The molecular weight excluding hydrogens is 736 g/mol. The number of alkyl halides is 3. The fourth-order valence-corrected chi connectivity index (χ4v) is 6.38. The molecule has 0 radical (unpaired) electrons. The van der Waals surface area contributed by atoms with Crippen molar-refractivity contribution in [2.75, 3.05) is 50.2 Å². The number of hydrazone groups is 1. The van der Waals surface area contributed by atoms with Crippen molar-refractivity contribution in [2.24, 2.45) is 5.10 Å². The SMILES string of the molecule is C=CCN1C(=C=O)C(C(=O)Nc2ccc(Oc3ccnc4cc(OC)c(OCCCN5CCCCC5)cc34)c(F)c2)=NN(c2ccccc2C(F)(F)F)C1=C=O. The van der Waals surface area contributed by atoms with E-state index in [4.69, 9.17) is 14.2 Å². The van der Waals surface area contributed by atoms with Crippen molar-refractivity contribution in [3.63, 3.8) is 0 Å². The molecule has 56 heavy (non-hydrogen) atoms. The molecule has 0 bridgehead atoms. The Hall–Kier alpha value is -6.47. The highest BCUT2D eigenvalue weighted by Crippen LogP contribution is 2.40. The van der Waals surface area contributed by atoms with Crippen LogP contribution in [0.1, 0.15) is 31.2 Å². The number of benzene rings is 3. The van der Waals surface area contributed by atoms with Crippen LogP contribution < -0.4 is 24.5 Å². The van der Waals surface area contributed by atoms with Crippen LogP contribution in [0.4, 0.5) is 28.9 Å². The number of carbonyl (C=O) groups is 1. The number of hydrogen-bond acceptors (Lipinski definition) is 11. The fraction of sp³-hybridized carbons (Fsp3) is 0.275. The molecule has 3 aromatic carbocycles. The van der Waals surface area contributed by atoms with Gasteiger partial charge < -0.3 is 29.3 Å². The summed E-state index contributed by atoms with van der Waals surface area (Å²) >= 11 is 0. The highest BCUT2D eigenvalue weighted by Gasteiger charge is 2.40. The lowest BCUT2D eigenvalue weighted by Crippen LogP contribution is -2.45. The Bertz CT molecular complexity index is 2260. The van der Waals surface area contributed by atoms with Gasteiger partial charge in [0.25, 0.3) is 5.91 Å². The van der Waals surface area contributed by atoms with E-state index in [2.05, 4.69) is 26.9 Å². The lowest BCUT2D eigenvalue weighted by molar-refractivity contribution is -0.137. The van der Waals surface area contributed by atoms with E-state index >= 15 is 4.39 Å².